The molecule has 5 rings (SSSR count). The van der Waals surface area contributed by atoms with E-state index in [9.17, 15) is 9.59 Å². The Kier molecular flexibility index (Phi) is 8.32. The van der Waals surface area contributed by atoms with E-state index in [1.807, 2.05) is 49.4 Å². The van der Waals surface area contributed by atoms with Gasteiger partial charge in [-0.2, -0.15) is 0 Å². The van der Waals surface area contributed by atoms with E-state index in [0.717, 1.165) is 32.5 Å². The van der Waals surface area contributed by atoms with Crippen LogP contribution in [-0.4, -0.2) is 23.4 Å². The molecule has 0 unspecified atom stereocenters. The third-order valence-corrected chi connectivity index (χ3v) is 7.41. The van der Waals surface area contributed by atoms with Crippen LogP contribution in [0.25, 0.3) is 21.0 Å². The number of thiazole rings is 1. The van der Waals surface area contributed by atoms with E-state index < -0.39 is 0 Å². The van der Waals surface area contributed by atoms with E-state index in [-0.39, 0.29) is 18.2 Å². The number of rotatable bonds is 9. The maximum Gasteiger partial charge on any atom is 0.255 e. The molecule has 5 aromatic rings. The average molecular weight is 548 g/mol. The van der Waals surface area contributed by atoms with Crippen LogP contribution in [0.1, 0.15) is 28.5 Å². The van der Waals surface area contributed by atoms with Crippen molar-refractivity contribution in [2.75, 3.05) is 17.2 Å². The van der Waals surface area contributed by atoms with Gasteiger partial charge in [0.1, 0.15) is 10.8 Å². The Hall–Kier alpha value is -4.75. The molecule has 40 heavy (non-hydrogen) atoms. The van der Waals surface area contributed by atoms with Crippen molar-refractivity contribution in [3.63, 3.8) is 0 Å². The van der Waals surface area contributed by atoms with Gasteiger partial charge in [-0.05, 0) is 67.9 Å². The zero-order valence-electron chi connectivity index (χ0n) is 22.3. The van der Waals surface area contributed by atoms with Gasteiger partial charge in [0.15, 0.2) is 0 Å². The Morgan fingerprint density at radius 3 is 2.10 bits per heavy atom. The maximum absolute atomic E-state index is 13.1. The zero-order chi connectivity index (χ0) is 27.9. The molecule has 0 atom stereocenters. The highest BCUT2D eigenvalue weighted by molar-refractivity contribution is 7.18. The summed E-state index contributed by atoms with van der Waals surface area (Å²) < 4.78 is 5.44. The molecule has 0 aliphatic heterocycles. The van der Waals surface area contributed by atoms with Crippen molar-refractivity contribution in [1.29, 1.82) is 0 Å². The first-order chi connectivity index (χ1) is 19.5. The quantitative estimate of drug-likeness (QED) is 0.199. The largest absolute Gasteiger partial charge is 0.494 e. The molecule has 0 fully saturated rings. The predicted molar refractivity (Wildman–Crippen MR) is 162 cm³/mol. The Morgan fingerprint density at radius 1 is 0.775 bits per heavy atom. The molecule has 0 aliphatic carbocycles. The predicted octanol–water partition coefficient (Wildman–Crippen LogP) is 7.62. The number of carbonyl (C=O) groups is 2. The van der Waals surface area contributed by atoms with Crippen molar-refractivity contribution in [3.05, 3.63) is 120 Å². The minimum absolute atomic E-state index is 0.131. The second kappa shape index (κ2) is 12.4. The van der Waals surface area contributed by atoms with Crippen molar-refractivity contribution < 1.29 is 14.3 Å². The molecular weight excluding hydrogens is 518 g/mol. The highest BCUT2D eigenvalue weighted by Crippen LogP contribution is 2.36. The maximum atomic E-state index is 13.1. The second-order valence-electron chi connectivity index (χ2n) is 9.24. The van der Waals surface area contributed by atoms with Gasteiger partial charge in [0.2, 0.25) is 5.91 Å². The molecule has 0 radical (unpaired) electrons. The number of anilines is 2. The van der Waals surface area contributed by atoms with Gasteiger partial charge in [0.25, 0.3) is 5.91 Å². The Morgan fingerprint density at radius 2 is 1.43 bits per heavy atom. The molecule has 2 amide bonds. The number of aryl methyl sites for hydroxylation is 1. The normalized spacial score (nSPS) is 10.7. The molecule has 0 saturated heterocycles. The number of nitrogens with zero attached hydrogens (tertiary/aromatic N) is 1. The van der Waals surface area contributed by atoms with E-state index in [4.69, 9.17) is 9.72 Å². The lowest BCUT2D eigenvalue weighted by Gasteiger charge is -2.09. The van der Waals surface area contributed by atoms with E-state index in [1.54, 1.807) is 47.7 Å². The molecule has 0 aliphatic rings. The van der Waals surface area contributed by atoms with Crippen LogP contribution < -0.4 is 15.4 Å². The fourth-order valence-electron chi connectivity index (χ4n) is 4.17. The van der Waals surface area contributed by atoms with Crippen LogP contribution in [0, 0.1) is 6.92 Å². The van der Waals surface area contributed by atoms with Crippen LogP contribution in [0.15, 0.2) is 103 Å². The molecule has 2 N–H and O–H groups in total. The van der Waals surface area contributed by atoms with Gasteiger partial charge in [-0.1, -0.05) is 60.2 Å². The number of benzene rings is 4. The standard InChI is InChI=1S/C33H29N3O3S/c1-3-39-28-19-17-27(18-20-28)35-32(38)24-13-15-26(16-14-24)34-30(37)21-29-31(23-11-9-22(2)10-12-23)40-33(36-29)25-7-5-4-6-8-25/h4-20H,3,21H2,1-2H3,(H,34,37)(H,35,38). The Bertz CT molecular complexity index is 1590. The van der Waals surface area contributed by atoms with Crippen LogP contribution in [-0.2, 0) is 11.2 Å². The van der Waals surface area contributed by atoms with Crippen LogP contribution >= 0.6 is 11.3 Å². The van der Waals surface area contributed by atoms with E-state index in [1.165, 1.54) is 5.56 Å². The molecular formula is C33H29N3O3S. The molecule has 200 valence electrons. The third-order valence-electron chi connectivity index (χ3n) is 6.21. The van der Waals surface area contributed by atoms with E-state index >= 15 is 0 Å². The van der Waals surface area contributed by atoms with Gasteiger partial charge >= 0.3 is 0 Å². The van der Waals surface area contributed by atoms with Crippen LogP contribution in [0.3, 0.4) is 0 Å². The van der Waals surface area contributed by atoms with Gasteiger partial charge in [-0.15, -0.1) is 11.3 Å². The van der Waals surface area contributed by atoms with Gasteiger partial charge < -0.3 is 15.4 Å². The second-order valence-corrected chi connectivity index (χ2v) is 10.2. The fraction of sp³-hybridized carbons (Fsp3) is 0.121. The first-order valence-electron chi connectivity index (χ1n) is 13.0. The number of aromatic nitrogens is 1. The summed E-state index contributed by atoms with van der Waals surface area (Å²) in [5.41, 5.74) is 5.73. The number of amides is 2. The monoisotopic (exact) mass is 547 g/mol. The van der Waals surface area contributed by atoms with Crippen LogP contribution in [0.4, 0.5) is 11.4 Å². The topological polar surface area (TPSA) is 80.3 Å². The average Bonchev–Trinajstić information content (AvgIpc) is 3.39. The number of ether oxygens (including phenoxy) is 1. The molecule has 1 aromatic heterocycles. The van der Waals surface area contributed by atoms with E-state index in [0.29, 0.717) is 23.5 Å². The summed E-state index contributed by atoms with van der Waals surface area (Å²) in [6.45, 7) is 4.56. The smallest absolute Gasteiger partial charge is 0.255 e. The summed E-state index contributed by atoms with van der Waals surface area (Å²) in [6, 6.07) is 32.3. The highest BCUT2D eigenvalue weighted by Gasteiger charge is 2.18. The van der Waals surface area contributed by atoms with Gasteiger partial charge in [0, 0.05) is 22.5 Å². The van der Waals surface area contributed by atoms with Gasteiger partial charge in [0.05, 0.1) is 23.6 Å². The van der Waals surface area contributed by atoms with Crippen LogP contribution in [0.5, 0.6) is 5.75 Å². The summed E-state index contributed by atoms with van der Waals surface area (Å²) in [6.07, 6.45) is 0.131. The minimum Gasteiger partial charge on any atom is -0.494 e. The number of hydrogen-bond donors (Lipinski definition) is 2. The van der Waals surface area contributed by atoms with Crippen LogP contribution in [0.2, 0.25) is 0 Å². The summed E-state index contributed by atoms with van der Waals surface area (Å²) in [5, 5.41) is 6.69. The number of carbonyl (C=O) groups excluding carboxylic acids is 2. The number of hydrogen-bond acceptors (Lipinski definition) is 5. The minimum atomic E-state index is -0.235. The molecule has 0 bridgehead atoms. The first-order valence-corrected chi connectivity index (χ1v) is 13.9. The lowest BCUT2D eigenvalue weighted by Crippen LogP contribution is -2.16. The Balaban J connectivity index is 1.27. The van der Waals surface area contributed by atoms with Gasteiger partial charge in [-0.25, -0.2) is 4.98 Å². The molecule has 0 spiro atoms. The SMILES string of the molecule is CCOc1ccc(NC(=O)c2ccc(NC(=O)Cc3nc(-c4ccccc4)sc3-c3ccc(C)cc3)cc2)cc1. The summed E-state index contributed by atoms with van der Waals surface area (Å²) in [4.78, 5) is 31.6. The zero-order valence-corrected chi connectivity index (χ0v) is 23.1. The van der Waals surface area contributed by atoms with Gasteiger partial charge in [-0.3, -0.25) is 9.59 Å². The molecule has 6 nitrogen and oxygen atoms in total. The van der Waals surface area contributed by atoms with Crippen molar-refractivity contribution >= 4 is 34.5 Å². The van der Waals surface area contributed by atoms with Crippen molar-refractivity contribution in [3.8, 4) is 26.8 Å². The van der Waals surface area contributed by atoms with Crippen molar-refractivity contribution in [2.45, 2.75) is 20.3 Å². The summed E-state index contributed by atoms with van der Waals surface area (Å²) >= 11 is 1.59. The lowest BCUT2D eigenvalue weighted by molar-refractivity contribution is -0.115. The molecule has 7 heteroatoms. The van der Waals surface area contributed by atoms with Crippen molar-refractivity contribution in [1.82, 2.24) is 4.98 Å². The summed E-state index contributed by atoms with van der Waals surface area (Å²) in [7, 11) is 0. The van der Waals surface area contributed by atoms with Crippen molar-refractivity contribution in [2.24, 2.45) is 0 Å². The molecule has 0 saturated carbocycles. The van der Waals surface area contributed by atoms with E-state index in [2.05, 4.69) is 41.8 Å². The highest BCUT2D eigenvalue weighted by atomic mass is 32.1. The third kappa shape index (κ3) is 6.62. The number of nitrogens with one attached hydrogen (secondary N) is 2. The lowest BCUT2D eigenvalue weighted by atomic mass is 10.1. The summed E-state index contributed by atoms with van der Waals surface area (Å²) in [5.74, 6) is 0.339. The Labute approximate surface area is 237 Å². The molecule has 1 heterocycles. The fourth-order valence-corrected chi connectivity index (χ4v) is 5.27. The molecule has 4 aromatic carbocycles. The first kappa shape index (κ1) is 26.8.